The summed E-state index contributed by atoms with van der Waals surface area (Å²) in [6.45, 7) is 1.78. The second-order valence-electron chi connectivity index (χ2n) is 2.62. The van der Waals surface area contributed by atoms with Crippen molar-refractivity contribution >= 4 is 12.4 Å². The van der Waals surface area contributed by atoms with Gasteiger partial charge in [0.05, 0.1) is 6.04 Å². The molecule has 0 aliphatic heterocycles. The Balaban J connectivity index is 0.000000980. The van der Waals surface area contributed by atoms with E-state index in [4.69, 9.17) is 14.7 Å². The minimum Gasteiger partial charge on any atom is -0.451 e. The van der Waals surface area contributed by atoms with Gasteiger partial charge in [0, 0.05) is 0 Å². The van der Waals surface area contributed by atoms with Gasteiger partial charge in [-0.15, -0.1) is 12.4 Å². The molecule has 6 nitrogen and oxygen atoms in total. The first kappa shape index (κ1) is 10.7. The summed E-state index contributed by atoms with van der Waals surface area (Å²) in [5, 5.41) is 3.68. The highest BCUT2D eigenvalue weighted by molar-refractivity contribution is 5.85. The van der Waals surface area contributed by atoms with Crippen LogP contribution in [0.3, 0.4) is 0 Å². The third kappa shape index (κ3) is 1.91. The molecule has 0 fully saturated rings. The van der Waals surface area contributed by atoms with Crippen LogP contribution in [0.25, 0.3) is 11.6 Å². The standard InChI is InChI=1S/C7H8N4O2.ClH/c1-4(8)6-10-7(13-11-6)5-2-12-3-9-5;/h2-4H,8H2,1H3;1H. The number of nitrogens with two attached hydrogens (primary N) is 1. The summed E-state index contributed by atoms with van der Waals surface area (Å²) in [4.78, 5) is 7.88. The molecule has 0 aromatic carbocycles. The number of rotatable bonds is 2. The highest BCUT2D eigenvalue weighted by Crippen LogP contribution is 2.15. The molecule has 2 heterocycles. The average molecular weight is 217 g/mol. The van der Waals surface area contributed by atoms with E-state index in [1.165, 1.54) is 12.7 Å². The predicted molar refractivity (Wildman–Crippen MR) is 49.6 cm³/mol. The van der Waals surface area contributed by atoms with Crippen LogP contribution in [0, 0.1) is 0 Å². The van der Waals surface area contributed by atoms with Crippen molar-refractivity contribution in [3.63, 3.8) is 0 Å². The topological polar surface area (TPSA) is 91.0 Å². The van der Waals surface area contributed by atoms with Crippen molar-refractivity contribution in [3.8, 4) is 11.6 Å². The van der Waals surface area contributed by atoms with Gasteiger partial charge in [-0.25, -0.2) is 4.98 Å². The second-order valence-corrected chi connectivity index (χ2v) is 2.62. The van der Waals surface area contributed by atoms with Crippen LogP contribution in [0.2, 0.25) is 0 Å². The van der Waals surface area contributed by atoms with Gasteiger partial charge in [0.25, 0.3) is 5.89 Å². The van der Waals surface area contributed by atoms with Crippen molar-refractivity contribution in [2.75, 3.05) is 0 Å². The maximum Gasteiger partial charge on any atom is 0.279 e. The van der Waals surface area contributed by atoms with Gasteiger partial charge >= 0.3 is 0 Å². The quantitative estimate of drug-likeness (QED) is 0.810. The molecule has 2 aromatic rings. The molecule has 14 heavy (non-hydrogen) atoms. The smallest absolute Gasteiger partial charge is 0.279 e. The minimum atomic E-state index is -0.246. The lowest BCUT2D eigenvalue weighted by Crippen LogP contribution is -2.06. The third-order valence-corrected chi connectivity index (χ3v) is 1.50. The molecular formula is C7H9ClN4O2. The fourth-order valence-electron chi connectivity index (χ4n) is 0.842. The van der Waals surface area contributed by atoms with Crippen molar-refractivity contribution in [2.24, 2.45) is 5.73 Å². The van der Waals surface area contributed by atoms with Crippen LogP contribution >= 0.6 is 12.4 Å². The molecule has 0 spiro atoms. The largest absolute Gasteiger partial charge is 0.451 e. The van der Waals surface area contributed by atoms with E-state index in [1.807, 2.05) is 0 Å². The predicted octanol–water partition coefficient (Wildman–Crippen LogP) is 1.17. The van der Waals surface area contributed by atoms with Crippen LogP contribution in [0.15, 0.2) is 21.6 Å². The number of halogens is 1. The molecule has 2 N–H and O–H groups in total. The molecule has 0 radical (unpaired) electrons. The number of hydrogen-bond acceptors (Lipinski definition) is 6. The molecule has 0 saturated carbocycles. The Morgan fingerprint density at radius 2 is 2.29 bits per heavy atom. The van der Waals surface area contributed by atoms with Gasteiger partial charge in [0.15, 0.2) is 17.9 Å². The Labute approximate surface area is 85.9 Å². The summed E-state index contributed by atoms with van der Waals surface area (Å²) in [6.07, 6.45) is 2.73. The highest BCUT2D eigenvalue weighted by atomic mass is 35.5. The van der Waals surface area contributed by atoms with E-state index >= 15 is 0 Å². The lowest BCUT2D eigenvalue weighted by molar-refractivity contribution is 0.417. The van der Waals surface area contributed by atoms with Crippen molar-refractivity contribution in [1.29, 1.82) is 0 Å². The summed E-state index contributed by atoms with van der Waals surface area (Å²) in [7, 11) is 0. The number of hydrogen-bond donors (Lipinski definition) is 1. The normalized spacial score (nSPS) is 12.1. The molecule has 7 heteroatoms. The zero-order chi connectivity index (χ0) is 9.26. The van der Waals surface area contributed by atoms with E-state index in [9.17, 15) is 0 Å². The van der Waals surface area contributed by atoms with Crippen LogP contribution in [0.1, 0.15) is 18.8 Å². The Morgan fingerprint density at radius 3 is 2.79 bits per heavy atom. The second kappa shape index (κ2) is 4.21. The lowest BCUT2D eigenvalue weighted by atomic mass is 10.3. The summed E-state index contributed by atoms with van der Waals surface area (Å²) in [5.74, 6) is 0.777. The molecule has 0 saturated heterocycles. The van der Waals surface area contributed by atoms with Crippen LogP contribution in [0.4, 0.5) is 0 Å². The van der Waals surface area contributed by atoms with E-state index < -0.39 is 0 Å². The lowest BCUT2D eigenvalue weighted by Gasteiger charge is -1.92. The van der Waals surface area contributed by atoms with Gasteiger partial charge in [-0.3, -0.25) is 0 Å². The van der Waals surface area contributed by atoms with E-state index in [-0.39, 0.29) is 18.4 Å². The zero-order valence-electron chi connectivity index (χ0n) is 7.38. The third-order valence-electron chi connectivity index (χ3n) is 1.50. The van der Waals surface area contributed by atoms with Gasteiger partial charge < -0.3 is 14.7 Å². The van der Waals surface area contributed by atoms with E-state index in [1.54, 1.807) is 6.92 Å². The Kier molecular flexibility index (Phi) is 3.21. The molecule has 0 amide bonds. The maximum atomic E-state index is 5.55. The number of aromatic nitrogens is 3. The van der Waals surface area contributed by atoms with Crippen molar-refractivity contribution in [1.82, 2.24) is 15.1 Å². The van der Waals surface area contributed by atoms with Crippen LogP contribution < -0.4 is 5.73 Å². The molecule has 1 unspecified atom stereocenters. The van der Waals surface area contributed by atoms with Crippen LogP contribution in [0.5, 0.6) is 0 Å². The molecule has 2 rings (SSSR count). The van der Waals surface area contributed by atoms with Gasteiger partial charge in [-0.2, -0.15) is 4.98 Å². The van der Waals surface area contributed by atoms with Crippen LogP contribution in [-0.4, -0.2) is 15.1 Å². The fourth-order valence-corrected chi connectivity index (χ4v) is 0.842. The Bertz CT molecular complexity index is 384. The summed E-state index contributed by atoms with van der Waals surface area (Å²) >= 11 is 0. The molecular weight excluding hydrogens is 208 g/mol. The van der Waals surface area contributed by atoms with Crippen molar-refractivity contribution < 1.29 is 8.94 Å². The molecule has 0 aliphatic carbocycles. The van der Waals surface area contributed by atoms with Gasteiger partial charge in [-0.05, 0) is 6.92 Å². The fraction of sp³-hybridized carbons (Fsp3) is 0.286. The summed E-state index contributed by atoms with van der Waals surface area (Å²) < 4.78 is 9.68. The Morgan fingerprint density at radius 1 is 1.50 bits per heavy atom. The summed E-state index contributed by atoms with van der Waals surface area (Å²) in [5.41, 5.74) is 6.06. The monoisotopic (exact) mass is 216 g/mol. The van der Waals surface area contributed by atoms with E-state index in [0.29, 0.717) is 17.4 Å². The average Bonchev–Trinajstić information content (AvgIpc) is 2.75. The first-order valence-corrected chi connectivity index (χ1v) is 3.75. The molecule has 1 atom stereocenters. The highest BCUT2D eigenvalue weighted by Gasteiger charge is 2.12. The maximum absolute atomic E-state index is 5.55. The van der Waals surface area contributed by atoms with Crippen molar-refractivity contribution in [3.05, 3.63) is 18.5 Å². The molecule has 0 aliphatic rings. The SMILES string of the molecule is CC(N)c1noc(-c2cocn2)n1.Cl. The van der Waals surface area contributed by atoms with Crippen LogP contribution in [-0.2, 0) is 0 Å². The Hall–Kier alpha value is -1.40. The number of nitrogens with zero attached hydrogens (tertiary/aromatic N) is 3. The van der Waals surface area contributed by atoms with E-state index in [0.717, 1.165) is 0 Å². The van der Waals surface area contributed by atoms with Gasteiger partial charge in [0.1, 0.15) is 6.26 Å². The number of oxazole rings is 1. The van der Waals surface area contributed by atoms with Crippen molar-refractivity contribution in [2.45, 2.75) is 13.0 Å². The first-order chi connectivity index (χ1) is 6.27. The molecule has 2 aromatic heterocycles. The van der Waals surface area contributed by atoms with Gasteiger partial charge in [0.2, 0.25) is 0 Å². The first-order valence-electron chi connectivity index (χ1n) is 3.75. The van der Waals surface area contributed by atoms with E-state index in [2.05, 4.69) is 15.1 Å². The summed E-state index contributed by atoms with van der Waals surface area (Å²) in [6, 6.07) is -0.246. The van der Waals surface area contributed by atoms with Gasteiger partial charge in [-0.1, -0.05) is 5.16 Å². The molecule has 0 bridgehead atoms. The zero-order valence-corrected chi connectivity index (χ0v) is 8.19. The minimum absolute atomic E-state index is 0. The molecule has 76 valence electrons.